The lowest BCUT2D eigenvalue weighted by Gasteiger charge is -2.11. The number of thiocarbonyl (C=S) groups is 1. The van der Waals surface area contributed by atoms with E-state index < -0.39 is 0 Å². The molecular weight excluding hydrogens is 302 g/mol. The Morgan fingerprint density at radius 1 is 1.36 bits per heavy atom. The van der Waals surface area contributed by atoms with Crippen molar-refractivity contribution in [2.24, 2.45) is 5.10 Å². The Balaban J connectivity index is 1.82. The molecule has 2 rings (SSSR count). The molecule has 1 aliphatic rings. The van der Waals surface area contributed by atoms with E-state index in [9.17, 15) is 0 Å². The van der Waals surface area contributed by atoms with Gasteiger partial charge < -0.3 is 19.5 Å². The van der Waals surface area contributed by atoms with Crippen molar-refractivity contribution in [1.29, 1.82) is 0 Å². The summed E-state index contributed by atoms with van der Waals surface area (Å²) in [7, 11) is 3.22. The third kappa shape index (κ3) is 5.16. The number of hydrazone groups is 1. The first-order valence-corrected chi connectivity index (χ1v) is 7.53. The van der Waals surface area contributed by atoms with E-state index in [1.807, 2.05) is 12.1 Å². The van der Waals surface area contributed by atoms with Gasteiger partial charge in [0, 0.05) is 24.8 Å². The second kappa shape index (κ2) is 8.55. The predicted molar refractivity (Wildman–Crippen MR) is 89.9 cm³/mol. The summed E-state index contributed by atoms with van der Waals surface area (Å²) in [5, 5.41) is 7.67. The van der Waals surface area contributed by atoms with Crippen LogP contribution in [0.15, 0.2) is 23.3 Å². The average Bonchev–Trinajstić information content (AvgIpc) is 3.06. The van der Waals surface area contributed by atoms with Gasteiger partial charge in [-0.15, -0.1) is 0 Å². The fraction of sp³-hybridized carbons (Fsp3) is 0.467. The van der Waals surface area contributed by atoms with Gasteiger partial charge in [0.2, 0.25) is 0 Å². The van der Waals surface area contributed by atoms with Crippen LogP contribution >= 0.6 is 12.2 Å². The fourth-order valence-corrected chi connectivity index (χ4v) is 2.26. The Kier molecular flexibility index (Phi) is 6.42. The molecule has 0 aromatic heterocycles. The molecule has 22 heavy (non-hydrogen) atoms. The van der Waals surface area contributed by atoms with Crippen molar-refractivity contribution in [2.75, 3.05) is 27.4 Å². The van der Waals surface area contributed by atoms with Gasteiger partial charge in [-0.2, -0.15) is 5.10 Å². The highest BCUT2D eigenvalue weighted by Gasteiger charge is 2.14. The van der Waals surface area contributed by atoms with Gasteiger partial charge in [0.25, 0.3) is 0 Å². The molecule has 0 bridgehead atoms. The Labute approximate surface area is 135 Å². The first kappa shape index (κ1) is 16.5. The zero-order valence-corrected chi connectivity index (χ0v) is 13.6. The largest absolute Gasteiger partial charge is 0.497 e. The van der Waals surface area contributed by atoms with E-state index in [2.05, 4.69) is 15.8 Å². The van der Waals surface area contributed by atoms with Crippen LogP contribution in [0.4, 0.5) is 0 Å². The molecule has 6 nitrogen and oxygen atoms in total. The van der Waals surface area contributed by atoms with Crippen LogP contribution in [-0.4, -0.2) is 44.8 Å². The summed E-state index contributed by atoms with van der Waals surface area (Å²) < 4.78 is 15.9. The predicted octanol–water partition coefficient (Wildman–Crippen LogP) is 1.68. The van der Waals surface area contributed by atoms with Crippen LogP contribution in [0.5, 0.6) is 11.5 Å². The Morgan fingerprint density at radius 2 is 2.09 bits per heavy atom. The minimum absolute atomic E-state index is 0.242. The molecule has 1 aromatic rings. The Bertz CT molecular complexity index is 509. The Hall–Kier alpha value is -1.86. The van der Waals surface area contributed by atoms with E-state index in [0.717, 1.165) is 25.0 Å². The van der Waals surface area contributed by atoms with Crippen molar-refractivity contribution >= 4 is 23.5 Å². The molecule has 1 fully saturated rings. The summed E-state index contributed by atoms with van der Waals surface area (Å²) in [5.41, 5.74) is 3.64. The minimum Gasteiger partial charge on any atom is -0.497 e. The number of rotatable bonds is 6. The molecule has 120 valence electrons. The molecule has 2 N–H and O–H groups in total. The molecule has 0 radical (unpaired) electrons. The van der Waals surface area contributed by atoms with Crippen LogP contribution in [0, 0.1) is 0 Å². The maximum absolute atomic E-state index is 5.51. The van der Waals surface area contributed by atoms with Gasteiger partial charge in [0.15, 0.2) is 5.11 Å². The highest BCUT2D eigenvalue weighted by atomic mass is 32.1. The topological polar surface area (TPSA) is 64.1 Å². The number of methoxy groups -OCH3 is 2. The number of hydrogen-bond donors (Lipinski definition) is 2. The van der Waals surface area contributed by atoms with Crippen LogP contribution in [0.1, 0.15) is 18.4 Å². The van der Waals surface area contributed by atoms with Crippen molar-refractivity contribution in [2.45, 2.75) is 18.9 Å². The van der Waals surface area contributed by atoms with Crippen molar-refractivity contribution in [1.82, 2.24) is 10.7 Å². The third-order valence-corrected chi connectivity index (χ3v) is 3.50. The van der Waals surface area contributed by atoms with Crippen molar-refractivity contribution in [3.05, 3.63) is 23.8 Å². The average molecular weight is 323 g/mol. The van der Waals surface area contributed by atoms with Crippen molar-refractivity contribution in [3.8, 4) is 11.5 Å². The smallest absolute Gasteiger partial charge is 0.187 e. The van der Waals surface area contributed by atoms with Crippen molar-refractivity contribution in [3.63, 3.8) is 0 Å². The standard InChI is InChI=1S/C15H21N3O3S/c1-19-13-6-11(7-14(8-13)20-2)9-17-18-15(22)16-10-12-4-3-5-21-12/h6-9,12H,3-5,10H2,1-2H3,(H2,16,18,22). The SMILES string of the molecule is COc1cc(C=NNC(=S)NCC2CCCO2)cc(OC)c1. The van der Waals surface area contributed by atoms with Gasteiger partial charge in [-0.05, 0) is 37.2 Å². The molecule has 1 aromatic carbocycles. The van der Waals surface area contributed by atoms with Gasteiger partial charge in [0.1, 0.15) is 11.5 Å². The summed E-state index contributed by atoms with van der Waals surface area (Å²) in [5.74, 6) is 1.42. The van der Waals surface area contributed by atoms with Gasteiger partial charge >= 0.3 is 0 Å². The van der Waals surface area contributed by atoms with Crippen LogP contribution in [0.3, 0.4) is 0 Å². The summed E-state index contributed by atoms with van der Waals surface area (Å²) >= 11 is 5.16. The lowest BCUT2D eigenvalue weighted by Crippen LogP contribution is -2.37. The summed E-state index contributed by atoms with van der Waals surface area (Å²) in [6.07, 6.45) is 4.09. The van der Waals surface area contributed by atoms with Gasteiger partial charge in [0.05, 0.1) is 26.5 Å². The summed E-state index contributed by atoms with van der Waals surface area (Å²) in [4.78, 5) is 0. The van der Waals surface area contributed by atoms with E-state index in [4.69, 9.17) is 26.4 Å². The minimum atomic E-state index is 0.242. The van der Waals surface area contributed by atoms with E-state index in [1.54, 1.807) is 26.5 Å². The highest BCUT2D eigenvalue weighted by molar-refractivity contribution is 7.80. The fourth-order valence-electron chi connectivity index (χ4n) is 2.12. The maximum Gasteiger partial charge on any atom is 0.187 e. The van der Waals surface area contributed by atoms with Crippen molar-refractivity contribution < 1.29 is 14.2 Å². The second-order valence-electron chi connectivity index (χ2n) is 4.86. The number of hydrogen-bond acceptors (Lipinski definition) is 5. The van der Waals surface area contributed by atoms with Gasteiger partial charge in [-0.3, -0.25) is 5.43 Å². The highest BCUT2D eigenvalue weighted by Crippen LogP contribution is 2.21. The quantitative estimate of drug-likeness (QED) is 0.472. The molecule has 7 heteroatoms. The van der Waals surface area contributed by atoms with Gasteiger partial charge in [-0.1, -0.05) is 0 Å². The molecule has 0 spiro atoms. The number of nitrogens with one attached hydrogen (secondary N) is 2. The van der Waals surface area contributed by atoms with E-state index in [-0.39, 0.29) is 6.10 Å². The van der Waals surface area contributed by atoms with Crippen LogP contribution in [-0.2, 0) is 4.74 Å². The van der Waals surface area contributed by atoms with E-state index in [0.29, 0.717) is 23.2 Å². The van der Waals surface area contributed by atoms with Crippen LogP contribution < -0.4 is 20.2 Å². The zero-order valence-electron chi connectivity index (χ0n) is 12.8. The molecule has 1 atom stereocenters. The van der Waals surface area contributed by atoms with E-state index >= 15 is 0 Å². The monoisotopic (exact) mass is 323 g/mol. The number of ether oxygens (including phenoxy) is 3. The number of benzene rings is 1. The first-order valence-electron chi connectivity index (χ1n) is 7.13. The second-order valence-corrected chi connectivity index (χ2v) is 5.27. The van der Waals surface area contributed by atoms with Crippen LogP contribution in [0.25, 0.3) is 0 Å². The lowest BCUT2D eigenvalue weighted by molar-refractivity contribution is 0.114. The number of nitrogens with zero attached hydrogens (tertiary/aromatic N) is 1. The molecule has 1 unspecified atom stereocenters. The first-order chi connectivity index (χ1) is 10.7. The van der Waals surface area contributed by atoms with Gasteiger partial charge in [-0.25, -0.2) is 0 Å². The molecule has 1 aliphatic heterocycles. The van der Waals surface area contributed by atoms with Crippen LogP contribution in [0.2, 0.25) is 0 Å². The summed E-state index contributed by atoms with van der Waals surface area (Å²) in [6, 6.07) is 5.52. The molecule has 0 aliphatic carbocycles. The molecule has 1 heterocycles. The molecular formula is C15H21N3O3S. The summed E-state index contributed by atoms with van der Waals surface area (Å²) in [6.45, 7) is 1.54. The molecule has 0 saturated carbocycles. The molecule has 1 saturated heterocycles. The lowest BCUT2D eigenvalue weighted by atomic mass is 10.2. The Morgan fingerprint density at radius 3 is 2.68 bits per heavy atom. The molecule has 0 amide bonds. The maximum atomic E-state index is 5.51. The third-order valence-electron chi connectivity index (χ3n) is 3.27. The zero-order chi connectivity index (χ0) is 15.8. The normalized spacial score (nSPS) is 17.5. The van der Waals surface area contributed by atoms with E-state index in [1.165, 1.54) is 0 Å².